The zero-order valence-electron chi connectivity index (χ0n) is 18.5. The van der Waals surface area contributed by atoms with Crippen molar-refractivity contribution in [3.05, 3.63) is 36.2 Å². The van der Waals surface area contributed by atoms with Crippen LogP contribution in [-0.2, 0) is 0 Å². The summed E-state index contributed by atoms with van der Waals surface area (Å²) in [4.78, 5) is 23.4. The number of piperidine rings is 1. The molecule has 9 nitrogen and oxygen atoms in total. The molecule has 3 aromatic heterocycles. The minimum Gasteiger partial charge on any atom is -0.421 e. The van der Waals surface area contributed by atoms with Crippen molar-refractivity contribution in [2.75, 3.05) is 36.9 Å². The Morgan fingerprint density at radius 2 is 2.03 bits per heavy atom. The average Bonchev–Trinajstić information content (AvgIpc) is 3.41. The summed E-state index contributed by atoms with van der Waals surface area (Å²) in [6, 6.07) is 3.64. The summed E-state index contributed by atoms with van der Waals surface area (Å²) in [5.74, 6) is 2.11. The smallest absolute Gasteiger partial charge is 0.326 e. The molecule has 0 saturated carbocycles. The Morgan fingerprint density at radius 1 is 1.18 bits per heavy atom. The molecule has 4 aromatic rings. The van der Waals surface area contributed by atoms with Gasteiger partial charge in [0.1, 0.15) is 23.1 Å². The Labute approximate surface area is 189 Å². The second kappa shape index (κ2) is 7.80. The minimum absolute atomic E-state index is 0.200. The first-order valence-electron chi connectivity index (χ1n) is 11.2. The molecular formula is C23H25FN8O. The maximum absolute atomic E-state index is 14.5. The molecule has 170 valence electrons. The van der Waals surface area contributed by atoms with E-state index in [1.54, 1.807) is 19.4 Å². The highest BCUT2D eigenvalue weighted by Crippen LogP contribution is 2.39. The Balaban J connectivity index is 1.52. The number of fused-ring (bicyclic) bond motifs is 4. The van der Waals surface area contributed by atoms with Gasteiger partial charge in [-0.2, -0.15) is 9.97 Å². The van der Waals surface area contributed by atoms with Gasteiger partial charge in [0.15, 0.2) is 5.75 Å². The van der Waals surface area contributed by atoms with Gasteiger partial charge in [0, 0.05) is 31.6 Å². The van der Waals surface area contributed by atoms with Gasteiger partial charge in [-0.05, 0) is 44.4 Å². The molecule has 0 spiro atoms. The third kappa shape index (κ3) is 3.50. The standard InChI is InChI=1S/C23H25FN8O/c1-12-27-8-15(9-28-12)33-23-30-21-19(16-6-14(24)7-17(25-2)20(16)29-21)22(31-23)32-10-13-4-3-5-26-18(13)11-32/h6-9,13,18,25-26H,3-5,10-11H2,1-2H3,(H,29,30,31)/t13-,18+/m1/s1. The lowest BCUT2D eigenvalue weighted by Gasteiger charge is -2.24. The third-order valence-electron chi connectivity index (χ3n) is 6.62. The van der Waals surface area contributed by atoms with Crippen LogP contribution in [0.1, 0.15) is 18.7 Å². The predicted octanol–water partition coefficient (Wildman–Crippen LogP) is 3.37. The Kier molecular flexibility index (Phi) is 4.75. The molecule has 1 aromatic carbocycles. The predicted molar refractivity (Wildman–Crippen MR) is 124 cm³/mol. The van der Waals surface area contributed by atoms with Crippen molar-refractivity contribution >= 4 is 33.4 Å². The van der Waals surface area contributed by atoms with Crippen LogP contribution in [0.2, 0.25) is 0 Å². The maximum Gasteiger partial charge on any atom is 0.326 e. The number of hydrogen-bond acceptors (Lipinski definition) is 8. The number of aromatic nitrogens is 5. The first-order valence-corrected chi connectivity index (χ1v) is 11.2. The van der Waals surface area contributed by atoms with Gasteiger partial charge in [0.05, 0.1) is 29.0 Å². The molecule has 2 aliphatic rings. The molecule has 33 heavy (non-hydrogen) atoms. The number of rotatable bonds is 4. The number of halogens is 1. The molecule has 0 amide bonds. The molecule has 0 unspecified atom stereocenters. The van der Waals surface area contributed by atoms with E-state index in [1.807, 2.05) is 6.92 Å². The first-order chi connectivity index (χ1) is 16.1. The lowest BCUT2D eigenvalue weighted by molar-refractivity contribution is 0.340. The van der Waals surface area contributed by atoms with E-state index in [0.717, 1.165) is 41.7 Å². The molecular weight excluding hydrogens is 423 g/mol. The Hall–Kier alpha value is -3.53. The summed E-state index contributed by atoms with van der Waals surface area (Å²) in [5.41, 5.74) is 2.05. The Morgan fingerprint density at radius 3 is 2.82 bits per heavy atom. The van der Waals surface area contributed by atoms with E-state index in [-0.39, 0.29) is 11.8 Å². The highest BCUT2D eigenvalue weighted by Gasteiger charge is 2.36. The number of aromatic amines is 1. The zero-order chi connectivity index (χ0) is 22.5. The fraction of sp³-hybridized carbons (Fsp3) is 0.391. The zero-order valence-corrected chi connectivity index (χ0v) is 18.5. The lowest BCUT2D eigenvalue weighted by atomic mass is 9.94. The number of nitrogens with zero attached hydrogens (tertiary/aromatic N) is 5. The van der Waals surface area contributed by atoms with Gasteiger partial charge in [0.2, 0.25) is 0 Å². The average molecular weight is 449 g/mol. The molecule has 6 rings (SSSR count). The van der Waals surface area contributed by atoms with Crippen molar-refractivity contribution in [2.24, 2.45) is 5.92 Å². The van der Waals surface area contributed by atoms with Gasteiger partial charge >= 0.3 is 6.01 Å². The maximum atomic E-state index is 14.5. The number of aryl methyl sites for hydroxylation is 1. The lowest BCUT2D eigenvalue weighted by Crippen LogP contribution is -2.40. The molecule has 2 saturated heterocycles. The second-order valence-electron chi connectivity index (χ2n) is 8.74. The second-order valence-corrected chi connectivity index (χ2v) is 8.74. The van der Waals surface area contributed by atoms with Crippen molar-refractivity contribution in [2.45, 2.75) is 25.8 Å². The van der Waals surface area contributed by atoms with Crippen LogP contribution in [0.3, 0.4) is 0 Å². The summed E-state index contributed by atoms with van der Waals surface area (Å²) < 4.78 is 20.4. The highest BCUT2D eigenvalue weighted by atomic mass is 19.1. The van der Waals surface area contributed by atoms with E-state index in [9.17, 15) is 4.39 Å². The molecule has 2 atom stereocenters. The van der Waals surface area contributed by atoms with Gasteiger partial charge < -0.3 is 25.3 Å². The van der Waals surface area contributed by atoms with Crippen molar-refractivity contribution in [1.82, 2.24) is 30.2 Å². The van der Waals surface area contributed by atoms with Crippen LogP contribution in [-0.4, -0.2) is 57.6 Å². The quantitative estimate of drug-likeness (QED) is 0.437. The number of anilines is 2. The molecule has 0 aliphatic carbocycles. The molecule has 0 bridgehead atoms. The molecule has 3 N–H and O–H groups in total. The number of H-pyrrole nitrogens is 1. The Bertz CT molecular complexity index is 1320. The van der Waals surface area contributed by atoms with Crippen LogP contribution in [0.5, 0.6) is 11.8 Å². The van der Waals surface area contributed by atoms with Crippen LogP contribution in [0.15, 0.2) is 24.5 Å². The number of nitrogens with one attached hydrogen (secondary N) is 3. The molecule has 0 radical (unpaired) electrons. The normalized spacial score (nSPS) is 20.4. The van der Waals surface area contributed by atoms with Gasteiger partial charge in [-0.25, -0.2) is 14.4 Å². The van der Waals surface area contributed by atoms with Crippen molar-refractivity contribution in [3.8, 4) is 11.8 Å². The van der Waals surface area contributed by atoms with E-state index in [0.29, 0.717) is 34.9 Å². The molecule has 10 heteroatoms. The fourth-order valence-corrected chi connectivity index (χ4v) is 5.05. The van der Waals surface area contributed by atoms with E-state index in [2.05, 4.69) is 35.5 Å². The SMILES string of the molecule is CNc1cc(F)cc2c1[nH]c1nc(Oc3cnc(C)nc3)nc(N3C[C@H]4CCCN[C@H]4C3)c12. The van der Waals surface area contributed by atoms with Crippen molar-refractivity contribution in [1.29, 1.82) is 0 Å². The van der Waals surface area contributed by atoms with Gasteiger partial charge in [-0.3, -0.25) is 0 Å². The van der Waals surface area contributed by atoms with Crippen LogP contribution < -0.4 is 20.3 Å². The largest absolute Gasteiger partial charge is 0.421 e. The van der Waals surface area contributed by atoms with Crippen molar-refractivity contribution in [3.63, 3.8) is 0 Å². The summed E-state index contributed by atoms with van der Waals surface area (Å²) in [6.45, 7) is 4.58. The summed E-state index contributed by atoms with van der Waals surface area (Å²) in [6.07, 6.45) is 5.58. The van der Waals surface area contributed by atoms with Crippen molar-refractivity contribution < 1.29 is 9.13 Å². The molecule has 2 fully saturated rings. The molecule has 5 heterocycles. The topological polar surface area (TPSA) is 104 Å². The van der Waals surface area contributed by atoms with E-state index in [4.69, 9.17) is 9.72 Å². The monoisotopic (exact) mass is 448 g/mol. The minimum atomic E-state index is -0.312. The van der Waals surface area contributed by atoms with Gasteiger partial charge in [-0.15, -0.1) is 0 Å². The van der Waals surface area contributed by atoms with Crippen LogP contribution in [0.4, 0.5) is 15.9 Å². The fourth-order valence-electron chi connectivity index (χ4n) is 5.05. The van der Waals surface area contributed by atoms with Gasteiger partial charge in [0.25, 0.3) is 0 Å². The van der Waals surface area contributed by atoms with Gasteiger partial charge in [-0.1, -0.05) is 0 Å². The number of benzene rings is 1. The molecule has 2 aliphatic heterocycles. The van der Waals surface area contributed by atoms with Crippen LogP contribution in [0, 0.1) is 18.7 Å². The van der Waals surface area contributed by atoms with Crippen LogP contribution in [0.25, 0.3) is 21.9 Å². The summed E-state index contributed by atoms with van der Waals surface area (Å²) in [5, 5.41) is 8.25. The van der Waals surface area contributed by atoms with E-state index in [1.165, 1.54) is 25.0 Å². The number of ether oxygens (including phenoxy) is 1. The summed E-state index contributed by atoms with van der Waals surface area (Å²) >= 11 is 0. The van der Waals surface area contributed by atoms with Crippen LogP contribution >= 0.6 is 0 Å². The number of hydrogen-bond donors (Lipinski definition) is 3. The highest BCUT2D eigenvalue weighted by molar-refractivity contribution is 6.14. The third-order valence-corrected chi connectivity index (χ3v) is 6.62. The summed E-state index contributed by atoms with van der Waals surface area (Å²) in [7, 11) is 1.77. The van der Waals surface area contributed by atoms with E-state index < -0.39 is 0 Å². The van der Waals surface area contributed by atoms with E-state index >= 15 is 0 Å². The first kappa shape index (κ1) is 20.1.